The number of carbonyl (C=O) groups is 2. The Balaban J connectivity index is 2.52. The van der Waals surface area contributed by atoms with Gasteiger partial charge >= 0.3 is 6.03 Å². The summed E-state index contributed by atoms with van der Waals surface area (Å²) in [6.07, 6.45) is 10.4. The lowest BCUT2D eigenvalue weighted by molar-refractivity contribution is 0.0979. The molecule has 0 unspecified atom stereocenters. The number of hydrogen-bond acceptors (Lipinski definition) is 6. The molecule has 3 N–H and O–H groups in total. The molecule has 1 aromatic rings. The second kappa shape index (κ2) is 7.49. The molecule has 0 aliphatic carbocycles. The number of primary amides is 1. The number of amides is 2. The minimum atomic E-state index is -1.11. The molecule has 134 valence electrons. The van der Waals surface area contributed by atoms with Crippen LogP contribution < -0.4 is 25.4 Å². The molecule has 0 saturated carbocycles. The van der Waals surface area contributed by atoms with Crippen molar-refractivity contribution in [3.8, 4) is 41.9 Å². The van der Waals surface area contributed by atoms with Crippen LogP contribution in [0.1, 0.15) is 24.2 Å². The van der Waals surface area contributed by atoms with E-state index < -0.39 is 17.4 Å². The Hall–Kier alpha value is -3.65. The number of benzene rings is 1. The molecular formula is C18H17N3O5. The molecule has 0 atom stereocenters. The van der Waals surface area contributed by atoms with Gasteiger partial charge in [0.05, 0.1) is 5.56 Å². The Kier molecular flexibility index (Phi) is 5.39. The van der Waals surface area contributed by atoms with Gasteiger partial charge in [0.2, 0.25) is 5.78 Å². The lowest BCUT2D eigenvalue weighted by atomic mass is 9.90. The summed E-state index contributed by atoms with van der Waals surface area (Å²) < 4.78 is 16.7. The predicted molar refractivity (Wildman–Crippen MR) is 94.3 cm³/mol. The summed E-state index contributed by atoms with van der Waals surface area (Å²) in [6, 6.07) is 2.02. The van der Waals surface area contributed by atoms with Crippen molar-refractivity contribution < 1.29 is 23.8 Å². The van der Waals surface area contributed by atoms with Crippen LogP contribution in [0.2, 0.25) is 0 Å². The number of Topliss-reactive ketones (excluding diaryl/α,β-unsaturated/α-hetero) is 1. The van der Waals surface area contributed by atoms with E-state index in [1.54, 1.807) is 13.8 Å². The fraction of sp³-hybridized carbons (Fsp3) is 0.278. The molecule has 8 heteroatoms. The normalized spacial score (nSPS) is 15.8. The smallest absolute Gasteiger partial charge is 0.332 e. The van der Waals surface area contributed by atoms with Gasteiger partial charge in [-0.05, 0) is 19.9 Å². The quantitative estimate of drug-likeness (QED) is 0.606. The van der Waals surface area contributed by atoms with Crippen molar-refractivity contribution in [2.75, 3.05) is 13.2 Å². The Morgan fingerprint density at radius 2 is 1.85 bits per heavy atom. The van der Waals surface area contributed by atoms with Crippen molar-refractivity contribution in [3.63, 3.8) is 0 Å². The van der Waals surface area contributed by atoms with Gasteiger partial charge in [-0.15, -0.1) is 12.8 Å². The van der Waals surface area contributed by atoms with Crippen molar-refractivity contribution in [3.05, 3.63) is 17.7 Å². The number of hydrogen-bond donors (Lipinski definition) is 2. The Labute approximate surface area is 150 Å². The van der Waals surface area contributed by atoms with Gasteiger partial charge in [-0.3, -0.25) is 4.79 Å². The van der Waals surface area contributed by atoms with Crippen LogP contribution in [-0.4, -0.2) is 36.3 Å². The van der Waals surface area contributed by atoms with E-state index in [-0.39, 0.29) is 41.7 Å². The molecule has 0 spiro atoms. The molecular weight excluding hydrogens is 338 g/mol. The van der Waals surface area contributed by atoms with Crippen LogP contribution >= 0.6 is 0 Å². The fourth-order valence-corrected chi connectivity index (χ4v) is 2.29. The van der Waals surface area contributed by atoms with Crippen molar-refractivity contribution in [1.29, 1.82) is 0 Å². The third-order valence-corrected chi connectivity index (χ3v) is 3.34. The highest BCUT2D eigenvalue weighted by Gasteiger charge is 2.41. The van der Waals surface area contributed by atoms with E-state index in [2.05, 4.69) is 16.9 Å². The minimum Gasteiger partial charge on any atom is -0.480 e. The third kappa shape index (κ3) is 3.87. The number of nitrogens with zero attached hydrogens (tertiary/aromatic N) is 1. The molecule has 1 aliphatic heterocycles. The number of rotatable bonds is 5. The summed E-state index contributed by atoms with van der Waals surface area (Å²) in [7, 11) is 0. The van der Waals surface area contributed by atoms with E-state index in [4.69, 9.17) is 32.8 Å². The summed E-state index contributed by atoms with van der Waals surface area (Å²) in [5, 5.41) is 3.77. The summed E-state index contributed by atoms with van der Waals surface area (Å²) in [4.78, 5) is 23.7. The number of ether oxygens (including phenoxy) is 3. The van der Waals surface area contributed by atoms with Gasteiger partial charge in [-0.2, -0.15) is 5.10 Å². The maximum absolute atomic E-state index is 12.8. The Morgan fingerprint density at radius 3 is 2.38 bits per heavy atom. The number of carbonyl (C=O) groups excluding carboxylic acids is 2. The summed E-state index contributed by atoms with van der Waals surface area (Å²) in [6.45, 7) is 3.22. The number of hydrazone groups is 1. The number of nitrogens with two attached hydrogens (primary N) is 1. The molecule has 1 aliphatic rings. The predicted octanol–water partition coefficient (Wildman–Crippen LogP) is 1.09. The van der Waals surface area contributed by atoms with Gasteiger partial charge in [-0.25, -0.2) is 10.2 Å². The van der Waals surface area contributed by atoms with Gasteiger partial charge in [0.1, 0.15) is 19.0 Å². The van der Waals surface area contributed by atoms with Crippen LogP contribution in [-0.2, 0) is 0 Å². The van der Waals surface area contributed by atoms with Gasteiger partial charge < -0.3 is 19.9 Å². The second-order valence-electron chi connectivity index (χ2n) is 5.66. The van der Waals surface area contributed by atoms with Crippen LogP contribution in [0.25, 0.3) is 0 Å². The number of urea groups is 1. The topological polar surface area (TPSA) is 112 Å². The van der Waals surface area contributed by atoms with E-state index in [1.807, 2.05) is 5.43 Å². The largest absolute Gasteiger partial charge is 0.480 e. The zero-order valence-corrected chi connectivity index (χ0v) is 14.3. The van der Waals surface area contributed by atoms with E-state index in [0.29, 0.717) is 0 Å². The summed E-state index contributed by atoms with van der Waals surface area (Å²) >= 11 is 0. The molecule has 1 heterocycles. The van der Waals surface area contributed by atoms with Crippen LogP contribution in [0, 0.1) is 24.7 Å². The van der Waals surface area contributed by atoms with E-state index >= 15 is 0 Å². The molecule has 26 heavy (non-hydrogen) atoms. The highest BCUT2D eigenvalue weighted by Crippen LogP contribution is 2.40. The number of nitrogens with one attached hydrogen (secondary N) is 1. The number of terminal acetylenes is 2. The minimum absolute atomic E-state index is 0.00220. The highest BCUT2D eigenvalue weighted by molar-refractivity contribution is 6.50. The van der Waals surface area contributed by atoms with Gasteiger partial charge in [0, 0.05) is 6.07 Å². The highest BCUT2D eigenvalue weighted by atomic mass is 16.5. The first-order valence-corrected chi connectivity index (χ1v) is 7.48. The van der Waals surface area contributed by atoms with E-state index in [9.17, 15) is 9.59 Å². The van der Waals surface area contributed by atoms with Gasteiger partial charge in [0.15, 0.2) is 22.8 Å². The molecule has 8 nitrogen and oxygen atoms in total. The van der Waals surface area contributed by atoms with Crippen molar-refractivity contribution in [2.45, 2.75) is 19.4 Å². The maximum atomic E-state index is 12.8. The lowest BCUT2D eigenvalue weighted by Crippen LogP contribution is -2.48. The lowest BCUT2D eigenvalue weighted by Gasteiger charge is -2.33. The van der Waals surface area contributed by atoms with E-state index in [0.717, 1.165) is 0 Å². The van der Waals surface area contributed by atoms with Gasteiger partial charge in [0.25, 0.3) is 0 Å². The summed E-state index contributed by atoms with van der Waals surface area (Å²) in [5.41, 5.74) is 6.08. The molecule has 1 aromatic carbocycles. The Bertz CT molecular complexity index is 859. The fourth-order valence-electron chi connectivity index (χ4n) is 2.29. The molecule has 0 saturated heterocycles. The molecule has 0 bridgehead atoms. The van der Waals surface area contributed by atoms with Crippen LogP contribution in [0.3, 0.4) is 0 Å². The van der Waals surface area contributed by atoms with Gasteiger partial charge in [-0.1, -0.05) is 11.8 Å². The third-order valence-electron chi connectivity index (χ3n) is 3.34. The van der Waals surface area contributed by atoms with Crippen LogP contribution in [0.15, 0.2) is 17.2 Å². The SMILES string of the molecule is C#CCOc1cc2c(cc1OCC#C)C(=O)/C(=N\NC(N)=O)C(C)(C)O2. The average molecular weight is 355 g/mol. The van der Waals surface area contributed by atoms with E-state index in [1.165, 1.54) is 12.1 Å². The molecule has 0 radical (unpaired) electrons. The summed E-state index contributed by atoms with van der Waals surface area (Å²) in [5.74, 6) is 4.99. The first-order chi connectivity index (χ1) is 12.3. The number of ketones is 1. The van der Waals surface area contributed by atoms with Crippen molar-refractivity contribution in [1.82, 2.24) is 5.43 Å². The van der Waals surface area contributed by atoms with Crippen LogP contribution in [0.4, 0.5) is 4.79 Å². The van der Waals surface area contributed by atoms with Crippen molar-refractivity contribution >= 4 is 17.5 Å². The first kappa shape index (κ1) is 18.7. The van der Waals surface area contributed by atoms with Crippen LogP contribution in [0.5, 0.6) is 17.2 Å². The zero-order chi connectivity index (χ0) is 19.3. The monoisotopic (exact) mass is 355 g/mol. The molecule has 2 amide bonds. The standard InChI is InChI=1S/C18H17N3O5/c1-5-7-24-13-9-11-12(10-14(13)25-8-6-2)26-18(3,4)16(15(11)22)20-21-17(19)23/h1-2,9-10H,7-8H2,3-4H3,(H3,19,21,23)/b20-16+. The first-order valence-electron chi connectivity index (χ1n) is 7.48. The average Bonchev–Trinajstić information content (AvgIpc) is 2.57. The second-order valence-corrected chi connectivity index (χ2v) is 5.66. The number of fused-ring (bicyclic) bond motifs is 1. The molecule has 0 fully saturated rings. The molecule has 2 rings (SSSR count). The Morgan fingerprint density at radius 1 is 1.27 bits per heavy atom. The molecule has 0 aromatic heterocycles. The maximum Gasteiger partial charge on any atom is 0.332 e. The van der Waals surface area contributed by atoms with Crippen molar-refractivity contribution in [2.24, 2.45) is 10.8 Å². The zero-order valence-electron chi connectivity index (χ0n) is 14.3.